The van der Waals surface area contributed by atoms with E-state index in [1.165, 1.54) is 34.2 Å². The standard InChI is InChI=1S/C12H20N5O12P3S2/c1-33-34-6-25-7-2-9(17-5-16-10-11(13)14-4-15-12(10)17)27-8(7)3-26-31(21,22)29-32(23,24)28-30(18,19)20/h4-5,7-9H,2-3,6H2,1H3,(H,21,22)(H,23,24)(H2,13,14,15)(H2,18,19,20)/t7?,8-,9-/m1/s1. The van der Waals surface area contributed by atoms with Crippen LogP contribution < -0.4 is 5.73 Å². The predicted molar refractivity (Wildman–Crippen MR) is 119 cm³/mol. The molecule has 1 saturated heterocycles. The Labute approximate surface area is 199 Å². The Kier molecular flexibility index (Phi) is 9.20. The highest BCUT2D eigenvalue weighted by Crippen LogP contribution is 2.66. The SMILES string of the molecule is CSSCOC1C[C@H](n2cnc3c(N)ncnc32)O[C@@H]1COP(=O)(O)OP(=O)(O)OP(=O)(O)O. The van der Waals surface area contributed by atoms with Gasteiger partial charge in [-0.25, -0.2) is 28.6 Å². The zero-order chi connectivity index (χ0) is 25.1. The lowest BCUT2D eigenvalue weighted by molar-refractivity contribution is -0.0522. The second-order valence-electron chi connectivity index (χ2n) is 6.44. The molecule has 0 amide bonds. The molecule has 192 valence electrons. The van der Waals surface area contributed by atoms with Gasteiger partial charge in [-0.3, -0.25) is 9.09 Å². The van der Waals surface area contributed by atoms with Gasteiger partial charge in [0.1, 0.15) is 30.1 Å². The molecule has 6 N–H and O–H groups in total. The molecule has 2 aromatic rings. The fourth-order valence-corrected chi connectivity index (χ4v) is 6.72. The second-order valence-corrected chi connectivity index (χ2v) is 13.4. The summed E-state index contributed by atoms with van der Waals surface area (Å²) in [6.45, 7) is -0.654. The van der Waals surface area contributed by atoms with Crippen molar-refractivity contribution >= 4 is 62.0 Å². The number of hydrogen-bond donors (Lipinski definition) is 5. The topological polar surface area (TPSA) is 248 Å². The molecule has 1 fully saturated rings. The molecule has 22 heteroatoms. The number of rotatable bonds is 12. The van der Waals surface area contributed by atoms with Crippen molar-refractivity contribution in [3.63, 3.8) is 0 Å². The van der Waals surface area contributed by atoms with Gasteiger partial charge in [0.25, 0.3) is 0 Å². The third-order valence-corrected chi connectivity index (χ3v) is 9.41. The number of hydrogen-bond acceptors (Lipinski definition) is 14. The van der Waals surface area contributed by atoms with Gasteiger partial charge in [-0.1, -0.05) is 21.6 Å². The first-order valence-electron chi connectivity index (χ1n) is 8.94. The van der Waals surface area contributed by atoms with Gasteiger partial charge >= 0.3 is 23.5 Å². The molecule has 1 aliphatic rings. The minimum absolute atomic E-state index is 0.162. The van der Waals surface area contributed by atoms with Crippen molar-refractivity contribution < 1.29 is 55.9 Å². The lowest BCUT2D eigenvalue weighted by atomic mass is 10.2. The van der Waals surface area contributed by atoms with Crippen LogP contribution in [0.1, 0.15) is 12.6 Å². The first-order valence-corrected chi connectivity index (χ1v) is 16.2. The summed E-state index contributed by atoms with van der Waals surface area (Å²) in [5.74, 6) is 0.406. The molecule has 0 radical (unpaired) electrons. The van der Waals surface area contributed by atoms with E-state index in [1.807, 2.05) is 6.26 Å². The van der Waals surface area contributed by atoms with E-state index in [0.717, 1.165) is 0 Å². The van der Waals surface area contributed by atoms with E-state index in [0.29, 0.717) is 11.2 Å². The summed E-state index contributed by atoms with van der Waals surface area (Å²) in [4.78, 5) is 48.4. The molecule has 3 heterocycles. The van der Waals surface area contributed by atoms with Crippen LogP contribution in [0.2, 0.25) is 0 Å². The van der Waals surface area contributed by atoms with Crippen molar-refractivity contribution in [3.8, 4) is 0 Å². The van der Waals surface area contributed by atoms with Crippen LogP contribution in [0.4, 0.5) is 5.82 Å². The average Bonchev–Trinajstić information content (AvgIpc) is 3.28. The Balaban J connectivity index is 1.71. The Morgan fingerprint density at radius 2 is 1.91 bits per heavy atom. The van der Waals surface area contributed by atoms with Crippen LogP contribution in [0.3, 0.4) is 0 Å². The van der Waals surface area contributed by atoms with Gasteiger partial charge in [0.2, 0.25) is 0 Å². The van der Waals surface area contributed by atoms with Gasteiger partial charge in [-0.05, 0) is 6.26 Å². The molecule has 3 unspecified atom stereocenters. The molecule has 0 aromatic carbocycles. The van der Waals surface area contributed by atoms with E-state index in [2.05, 4.69) is 23.6 Å². The molecular formula is C12H20N5O12P3S2. The van der Waals surface area contributed by atoms with Crippen molar-refractivity contribution in [1.29, 1.82) is 0 Å². The highest BCUT2D eigenvalue weighted by Gasteiger charge is 2.43. The largest absolute Gasteiger partial charge is 0.490 e. The van der Waals surface area contributed by atoms with Crippen LogP contribution in [-0.2, 0) is 36.3 Å². The molecule has 2 aromatic heterocycles. The maximum atomic E-state index is 12.1. The van der Waals surface area contributed by atoms with Gasteiger partial charge in [-0.2, -0.15) is 8.62 Å². The summed E-state index contributed by atoms with van der Waals surface area (Å²) >= 11 is 0. The Morgan fingerprint density at radius 1 is 1.18 bits per heavy atom. The van der Waals surface area contributed by atoms with E-state index >= 15 is 0 Å². The van der Waals surface area contributed by atoms with Crippen LogP contribution in [0.25, 0.3) is 11.2 Å². The number of aromatic nitrogens is 4. The number of nitrogens with two attached hydrogens (primary N) is 1. The molecular weight excluding hydrogens is 563 g/mol. The molecule has 5 atom stereocenters. The van der Waals surface area contributed by atoms with Gasteiger partial charge in [-0.15, -0.1) is 0 Å². The molecule has 0 aliphatic carbocycles. The van der Waals surface area contributed by atoms with Crippen molar-refractivity contribution in [1.82, 2.24) is 19.5 Å². The van der Waals surface area contributed by atoms with Crippen molar-refractivity contribution in [3.05, 3.63) is 12.7 Å². The van der Waals surface area contributed by atoms with E-state index in [9.17, 15) is 23.5 Å². The zero-order valence-corrected chi connectivity index (χ0v) is 21.4. The first-order chi connectivity index (χ1) is 15.8. The van der Waals surface area contributed by atoms with Gasteiger partial charge < -0.3 is 34.8 Å². The summed E-state index contributed by atoms with van der Waals surface area (Å²) in [5.41, 5.74) is 6.52. The Morgan fingerprint density at radius 3 is 2.59 bits per heavy atom. The van der Waals surface area contributed by atoms with Gasteiger partial charge in [0, 0.05) is 6.42 Å². The summed E-state index contributed by atoms with van der Waals surface area (Å²) in [5, 5.41) is 0. The average molecular weight is 583 g/mol. The lowest BCUT2D eigenvalue weighted by Crippen LogP contribution is -2.28. The van der Waals surface area contributed by atoms with Gasteiger partial charge in [0.15, 0.2) is 11.5 Å². The molecule has 0 saturated carbocycles. The maximum Gasteiger partial charge on any atom is 0.490 e. The smallest absolute Gasteiger partial charge is 0.382 e. The monoisotopic (exact) mass is 583 g/mol. The normalized spacial score (nSPS) is 24.8. The molecule has 0 spiro atoms. The number of nitrogen functional groups attached to an aromatic ring is 1. The third-order valence-electron chi connectivity index (χ3n) is 4.14. The van der Waals surface area contributed by atoms with Crippen molar-refractivity contribution in [2.45, 2.75) is 24.9 Å². The molecule has 1 aliphatic heterocycles. The summed E-state index contributed by atoms with van der Waals surface area (Å²) in [6, 6.07) is 0. The number of phosphoric acid groups is 3. The Bertz CT molecular complexity index is 1150. The number of ether oxygens (including phenoxy) is 2. The van der Waals surface area contributed by atoms with Crippen molar-refractivity contribution in [2.75, 3.05) is 24.5 Å². The highest BCUT2D eigenvalue weighted by molar-refractivity contribution is 8.76. The van der Waals surface area contributed by atoms with Gasteiger partial charge in [0.05, 0.1) is 19.0 Å². The first kappa shape index (κ1) is 28.0. The number of phosphoric ester groups is 1. The fraction of sp³-hybridized carbons (Fsp3) is 0.583. The second kappa shape index (κ2) is 11.2. The fourth-order valence-electron chi connectivity index (χ4n) is 2.91. The summed E-state index contributed by atoms with van der Waals surface area (Å²) < 4.78 is 59.6. The van der Waals surface area contributed by atoms with E-state index in [4.69, 9.17) is 29.5 Å². The summed E-state index contributed by atoms with van der Waals surface area (Å²) in [6.07, 6.45) is 2.45. The number of nitrogens with zero attached hydrogens (tertiary/aromatic N) is 4. The van der Waals surface area contributed by atoms with Crippen LogP contribution in [0, 0.1) is 0 Å². The highest BCUT2D eigenvalue weighted by atomic mass is 33.1. The van der Waals surface area contributed by atoms with E-state index in [-0.39, 0.29) is 18.2 Å². The van der Waals surface area contributed by atoms with E-state index in [1.54, 1.807) is 4.57 Å². The van der Waals surface area contributed by atoms with Crippen LogP contribution in [-0.4, -0.2) is 70.1 Å². The molecule has 3 rings (SSSR count). The quantitative estimate of drug-likeness (QED) is 0.102. The predicted octanol–water partition coefficient (Wildman–Crippen LogP) is 1.39. The zero-order valence-electron chi connectivity index (χ0n) is 17.1. The maximum absolute atomic E-state index is 12.1. The van der Waals surface area contributed by atoms with Crippen LogP contribution >= 0.6 is 45.1 Å². The van der Waals surface area contributed by atoms with Crippen molar-refractivity contribution in [2.24, 2.45) is 0 Å². The minimum atomic E-state index is -5.64. The van der Waals surface area contributed by atoms with E-state index < -0.39 is 48.5 Å². The minimum Gasteiger partial charge on any atom is -0.382 e. The number of anilines is 1. The Hall–Kier alpha value is -0.620. The number of fused-ring (bicyclic) bond motifs is 1. The van der Waals surface area contributed by atoms with Crippen LogP contribution in [0.15, 0.2) is 12.7 Å². The summed E-state index contributed by atoms with van der Waals surface area (Å²) in [7, 11) is -13.6. The third kappa shape index (κ3) is 7.69. The molecule has 0 bridgehead atoms. The molecule has 17 nitrogen and oxygen atoms in total. The van der Waals surface area contributed by atoms with Crippen LogP contribution in [0.5, 0.6) is 0 Å². The molecule has 34 heavy (non-hydrogen) atoms. The lowest BCUT2D eigenvalue weighted by Gasteiger charge is -2.21. The number of imidazole rings is 1.